The van der Waals surface area contributed by atoms with Gasteiger partial charge in [0.15, 0.2) is 0 Å². The SMILES string of the molecule is O=[N+]([O-])c1ccc2c(c1)CN(c1ccccc1[N+](=O)[O-])CC2. The molecule has 0 aromatic heterocycles. The summed E-state index contributed by atoms with van der Waals surface area (Å²) in [6, 6.07) is 11.4. The Morgan fingerprint density at radius 2 is 1.73 bits per heavy atom. The van der Waals surface area contributed by atoms with E-state index < -0.39 is 9.85 Å². The normalized spacial score (nSPS) is 13.5. The summed E-state index contributed by atoms with van der Waals surface area (Å²) >= 11 is 0. The number of benzene rings is 2. The molecule has 0 aliphatic carbocycles. The van der Waals surface area contributed by atoms with Crippen LogP contribution in [0.5, 0.6) is 0 Å². The van der Waals surface area contributed by atoms with Crippen molar-refractivity contribution in [2.24, 2.45) is 0 Å². The van der Waals surface area contributed by atoms with E-state index in [9.17, 15) is 20.2 Å². The molecule has 0 fully saturated rings. The van der Waals surface area contributed by atoms with Crippen molar-refractivity contribution in [2.45, 2.75) is 13.0 Å². The Morgan fingerprint density at radius 1 is 0.955 bits per heavy atom. The second-order valence-corrected chi connectivity index (χ2v) is 5.13. The lowest BCUT2D eigenvalue weighted by molar-refractivity contribution is -0.384. The van der Waals surface area contributed by atoms with Crippen molar-refractivity contribution in [3.05, 3.63) is 73.8 Å². The van der Waals surface area contributed by atoms with E-state index in [0.717, 1.165) is 11.1 Å². The number of nitro benzene ring substituents is 2. The van der Waals surface area contributed by atoms with Crippen LogP contribution in [0, 0.1) is 20.2 Å². The standard InChI is InChI=1S/C15H13N3O4/c19-17(20)13-6-5-11-7-8-16(10-12(11)9-13)14-3-1-2-4-15(14)18(21)22/h1-6,9H,7-8,10H2. The van der Waals surface area contributed by atoms with Crippen LogP contribution in [0.3, 0.4) is 0 Å². The van der Waals surface area contributed by atoms with Crippen molar-refractivity contribution in [2.75, 3.05) is 11.4 Å². The Bertz CT molecular complexity index is 760. The van der Waals surface area contributed by atoms with Crippen molar-refractivity contribution in [3.8, 4) is 0 Å². The molecule has 7 nitrogen and oxygen atoms in total. The highest BCUT2D eigenvalue weighted by atomic mass is 16.6. The molecule has 0 atom stereocenters. The summed E-state index contributed by atoms with van der Waals surface area (Å²) in [6.07, 6.45) is 0.708. The van der Waals surface area contributed by atoms with Gasteiger partial charge in [0.25, 0.3) is 11.4 Å². The zero-order valence-corrected chi connectivity index (χ0v) is 11.6. The van der Waals surface area contributed by atoms with E-state index >= 15 is 0 Å². The van der Waals surface area contributed by atoms with Crippen LogP contribution in [0.1, 0.15) is 11.1 Å². The second kappa shape index (κ2) is 5.44. The fourth-order valence-corrected chi connectivity index (χ4v) is 2.75. The number of non-ortho nitro benzene ring substituents is 1. The molecule has 3 rings (SSSR count). The van der Waals surface area contributed by atoms with Crippen LogP contribution in [0.15, 0.2) is 42.5 Å². The number of para-hydroxylation sites is 2. The highest BCUT2D eigenvalue weighted by Crippen LogP contribution is 2.32. The number of hydrogen-bond acceptors (Lipinski definition) is 5. The second-order valence-electron chi connectivity index (χ2n) is 5.13. The van der Waals surface area contributed by atoms with Gasteiger partial charge < -0.3 is 4.90 Å². The maximum absolute atomic E-state index is 11.1. The number of rotatable bonds is 3. The van der Waals surface area contributed by atoms with Gasteiger partial charge in [0.05, 0.1) is 9.85 Å². The van der Waals surface area contributed by atoms with E-state index in [2.05, 4.69) is 0 Å². The number of fused-ring (bicyclic) bond motifs is 1. The topological polar surface area (TPSA) is 89.5 Å². The highest BCUT2D eigenvalue weighted by Gasteiger charge is 2.24. The van der Waals surface area contributed by atoms with Gasteiger partial charge in [-0.15, -0.1) is 0 Å². The Morgan fingerprint density at radius 3 is 2.45 bits per heavy atom. The molecule has 22 heavy (non-hydrogen) atoms. The van der Waals surface area contributed by atoms with Crippen molar-refractivity contribution in [3.63, 3.8) is 0 Å². The Labute approximate surface area is 126 Å². The van der Waals surface area contributed by atoms with E-state index in [1.807, 2.05) is 4.90 Å². The fourth-order valence-electron chi connectivity index (χ4n) is 2.75. The van der Waals surface area contributed by atoms with Crippen LogP contribution in [-0.2, 0) is 13.0 Å². The molecule has 1 aliphatic rings. The molecule has 0 bridgehead atoms. The summed E-state index contributed by atoms with van der Waals surface area (Å²) in [5.41, 5.74) is 2.54. The van der Waals surface area contributed by atoms with Crippen molar-refractivity contribution < 1.29 is 9.85 Å². The first-order valence-corrected chi connectivity index (χ1v) is 6.81. The first kappa shape index (κ1) is 14.0. The number of nitro groups is 2. The van der Waals surface area contributed by atoms with E-state index in [-0.39, 0.29) is 11.4 Å². The quantitative estimate of drug-likeness (QED) is 0.641. The number of anilines is 1. The van der Waals surface area contributed by atoms with Crippen LogP contribution >= 0.6 is 0 Å². The van der Waals surface area contributed by atoms with Gasteiger partial charge in [0.1, 0.15) is 5.69 Å². The minimum atomic E-state index is -0.426. The zero-order valence-electron chi connectivity index (χ0n) is 11.6. The van der Waals surface area contributed by atoms with Crippen LogP contribution < -0.4 is 4.90 Å². The first-order valence-electron chi connectivity index (χ1n) is 6.81. The molecule has 0 amide bonds. The molecule has 1 aliphatic heterocycles. The molecule has 0 radical (unpaired) electrons. The molecule has 0 saturated carbocycles. The summed E-state index contributed by atoms with van der Waals surface area (Å²) in [4.78, 5) is 23.1. The predicted molar refractivity (Wildman–Crippen MR) is 80.9 cm³/mol. The summed E-state index contributed by atoms with van der Waals surface area (Å²) in [5, 5.41) is 22.0. The third-order valence-electron chi connectivity index (χ3n) is 3.83. The van der Waals surface area contributed by atoms with Gasteiger partial charge in [-0.05, 0) is 23.6 Å². The lowest BCUT2D eigenvalue weighted by Gasteiger charge is -2.30. The molecular formula is C15H13N3O4. The molecule has 7 heteroatoms. The van der Waals surface area contributed by atoms with Crippen LogP contribution in [0.2, 0.25) is 0 Å². The molecule has 0 N–H and O–H groups in total. The highest BCUT2D eigenvalue weighted by molar-refractivity contribution is 5.64. The third-order valence-corrected chi connectivity index (χ3v) is 3.83. The van der Waals surface area contributed by atoms with E-state index in [4.69, 9.17) is 0 Å². The van der Waals surface area contributed by atoms with Crippen LogP contribution in [0.4, 0.5) is 17.1 Å². The smallest absolute Gasteiger partial charge is 0.292 e. The lowest BCUT2D eigenvalue weighted by atomic mass is 9.98. The van der Waals surface area contributed by atoms with Gasteiger partial charge in [-0.25, -0.2) is 0 Å². The maximum atomic E-state index is 11.1. The fraction of sp³-hybridized carbons (Fsp3) is 0.200. The van der Waals surface area contributed by atoms with Gasteiger partial charge in [0, 0.05) is 31.3 Å². The largest absolute Gasteiger partial charge is 0.361 e. The molecular weight excluding hydrogens is 286 g/mol. The van der Waals surface area contributed by atoms with Crippen molar-refractivity contribution >= 4 is 17.1 Å². The third kappa shape index (κ3) is 2.48. The first-order chi connectivity index (χ1) is 10.6. The van der Waals surface area contributed by atoms with Crippen molar-refractivity contribution in [1.29, 1.82) is 0 Å². The van der Waals surface area contributed by atoms with Gasteiger partial charge in [-0.1, -0.05) is 18.2 Å². The summed E-state index contributed by atoms with van der Waals surface area (Å²) in [6.45, 7) is 1.08. The van der Waals surface area contributed by atoms with Crippen LogP contribution in [0.25, 0.3) is 0 Å². The van der Waals surface area contributed by atoms with Gasteiger partial charge in [-0.3, -0.25) is 20.2 Å². The summed E-state index contributed by atoms with van der Waals surface area (Å²) < 4.78 is 0. The number of nitrogens with zero attached hydrogens (tertiary/aromatic N) is 3. The van der Waals surface area contributed by atoms with Gasteiger partial charge in [-0.2, -0.15) is 0 Å². The summed E-state index contributed by atoms with van der Waals surface area (Å²) in [7, 11) is 0. The Hall–Kier alpha value is -2.96. The van der Waals surface area contributed by atoms with Gasteiger partial charge >= 0.3 is 0 Å². The van der Waals surface area contributed by atoms with Crippen LogP contribution in [-0.4, -0.2) is 16.4 Å². The molecule has 2 aromatic carbocycles. The average Bonchev–Trinajstić information content (AvgIpc) is 2.53. The molecule has 0 spiro atoms. The average molecular weight is 299 g/mol. The van der Waals surface area contributed by atoms with E-state index in [1.54, 1.807) is 30.3 Å². The molecule has 112 valence electrons. The predicted octanol–water partition coefficient (Wildman–Crippen LogP) is 3.07. The monoisotopic (exact) mass is 299 g/mol. The lowest BCUT2D eigenvalue weighted by Crippen LogP contribution is -2.30. The Kier molecular flexibility index (Phi) is 3.46. The molecule has 1 heterocycles. The molecule has 0 saturated heterocycles. The Balaban J connectivity index is 1.96. The minimum absolute atomic E-state index is 0.0446. The molecule has 2 aromatic rings. The van der Waals surface area contributed by atoms with E-state index in [0.29, 0.717) is 25.2 Å². The van der Waals surface area contributed by atoms with Crippen molar-refractivity contribution in [1.82, 2.24) is 0 Å². The summed E-state index contributed by atoms with van der Waals surface area (Å²) in [5.74, 6) is 0. The maximum Gasteiger partial charge on any atom is 0.292 e. The minimum Gasteiger partial charge on any atom is -0.361 e. The molecule has 0 unspecified atom stereocenters. The van der Waals surface area contributed by atoms with Gasteiger partial charge in [0.2, 0.25) is 0 Å². The number of hydrogen-bond donors (Lipinski definition) is 0. The van der Waals surface area contributed by atoms with E-state index in [1.165, 1.54) is 12.1 Å². The zero-order chi connectivity index (χ0) is 15.7.